The molecule has 3 aromatic rings. The average Bonchev–Trinajstić information content (AvgIpc) is 3.27. The summed E-state index contributed by atoms with van der Waals surface area (Å²) in [5.74, 6) is 0. The first-order valence-corrected chi connectivity index (χ1v) is 10.6. The predicted octanol–water partition coefficient (Wildman–Crippen LogP) is 6.23. The van der Waals surface area contributed by atoms with Gasteiger partial charge in [-0.15, -0.1) is 5.10 Å². The monoisotopic (exact) mass is 376 g/mol. The zero-order valence-corrected chi connectivity index (χ0v) is 16.9. The fraction of sp³-hybridized carbons (Fsp3) is 0.417. The van der Waals surface area contributed by atoms with Gasteiger partial charge in [0, 0.05) is 11.9 Å². The largest absolute Gasteiger partial charge is 0.360 e. The van der Waals surface area contributed by atoms with E-state index in [9.17, 15) is 0 Å². The van der Waals surface area contributed by atoms with E-state index in [-0.39, 0.29) is 6.17 Å². The summed E-state index contributed by atoms with van der Waals surface area (Å²) in [6.45, 7) is 2.27. The molecule has 1 N–H and O–H groups in total. The van der Waals surface area contributed by atoms with Crippen molar-refractivity contribution in [3.8, 4) is 0 Å². The lowest BCUT2D eigenvalue weighted by molar-refractivity contribution is 0.554. The van der Waals surface area contributed by atoms with E-state index in [0.717, 1.165) is 12.1 Å². The molecule has 4 heteroatoms. The zero-order chi connectivity index (χ0) is 19.4. The van der Waals surface area contributed by atoms with Gasteiger partial charge in [-0.25, -0.2) is 4.68 Å². The van der Waals surface area contributed by atoms with Crippen LogP contribution in [-0.4, -0.2) is 15.0 Å². The highest BCUT2D eigenvalue weighted by atomic mass is 15.5. The second-order valence-corrected chi connectivity index (χ2v) is 7.41. The SMILES string of the molecule is CCCCCCCCCc1ccc(C(Nc2ccccc2)n2ccnn2)cc1. The van der Waals surface area contributed by atoms with Crippen LogP contribution in [-0.2, 0) is 6.42 Å². The molecule has 0 aliphatic heterocycles. The summed E-state index contributed by atoms with van der Waals surface area (Å²) in [6, 6.07) is 19.1. The third kappa shape index (κ3) is 6.22. The number of hydrogen-bond donors (Lipinski definition) is 1. The number of nitrogens with zero attached hydrogens (tertiary/aromatic N) is 3. The van der Waals surface area contributed by atoms with Crippen LogP contribution < -0.4 is 5.32 Å². The lowest BCUT2D eigenvalue weighted by Crippen LogP contribution is -2.20. The molecule has 28 heavy (non-hydrogen) atoms. The quantitative estimate of drug-likeness (QED) is 0.381. The van der Waals surface area contributed by atoms with E-state index in [1.165, 1.54) is 56.1 Å². The molecule has 0 aliphatic rings. The predicted molar refractivity (Wildman–Crippen MR) is 116 cm³/mol. The molecule has 0 aliphatic carbocycles. The van der Waals surface area contributed by atoms with Crippen molar-refractivity contribution in [3.63, 3.8) is 0 Å². The molecule has 1 atom stereocenters. The maximum absolute atomic E-state index is 4.21. The standard InChI is InChI=1S/C24H32N4/c1-2-3-4-5-6-7-9-12-21-15-17-22(18-16-21)24(28-20-19-25-27-28)26-23-13-10-8-11-14-23/h8,10-11,13-20,24,26H,2-7,9,12H2,1H3. The summed E-state index contributed by atoms with van der Waals surface area (Å²) in [7, 11) is 0. The zero-order valence-electron chi connectivity index (χ0n) is 16.9. The summed E-state index contributed by atoms with van der Waals surface area (Å²) in [5, 5.41) is 11.7. The minimum absolute atomic E-state index is 0.0717. The topological polar surface area (TPSA) is 42.7 Å². The molecule has 0 saturated heterocycles. The van der Waals surface area contributed by atoms with Crippen LogP contribution >= 0.6 is 0 Å². The van der Waals surface area contributed by atoms with Crippen LogP contribution in [0.25, 0.3) is 0 Å². The van der Waals surface area contributed by atoms with Gasteiger partial charge in [0.15, 0.2) is 0 Å². The smallest absolute Gasteiger partial charge is 0.148 e. The summed E-state index contributed by atoms with van der Waals surface area (Å²) < 4.78 is 1.86. The molecule has 0 amide bonds. The first kappa shape index (κ1) is 20.1. The molecule has 1 heterocycles. The Bertz CT molecular complexity index is 766. The van der Waals surface area contributed by atoms with Crippen LogP contribution in [0.3, 0.4) is 0 Å². The molecule has 0 bridgehead atoms. The fourth-order valence-electron chi connectivity index (χ4n) is 3.50. The third-order valence-electron chi connectivity index (χ3n) is 5.15. The number of benzene rings is 2. The molecular weight excluding hydrogens is 344 g/mol. The molecule has 2 aromatic carbocycles. The molecule has 3 rings (SSSR count). The van der Waals surface area contributed by atoms with Gasteiger partial charge < -0.3 is 5.32 Å². The van der Waals surface area contributed by atoms with Gasteiger partial charge >= 0.3 is 0 Å². The van der Waals surface area contributed by atoms with Crippen LogP contribution in [0.15, 0.2) is 67.0 Å². The first-order chi connectivity index (χ1) is 13.9. The number of hydrogen-bond acceptors (Lipinski definition) is 3. The van der Waals surface area contributed by atoms with Gasteiger partial charge in [-0.1, -0.05) is 93.1 Å². The van der Waals surface area contributed by atoms with Crippen LogP contribution in [0, 0.1) is 0 Å². The Morgan fingerprint density at radius 1 is 0.857 bits per heavy atom. The van der Waals surface area contributed by atoms with Crippen LogP contribution in [0.5, 0.6) is 0 Å². The van der Waals surface area contributed by atoms with E-state index >= 15 is 0 Å². The summed E-state index contributed by atoms with van der Waals surface area (Å²) >= 11 is 0. The van der Waals surface area contributed by atoms with Gasteiger partial charge in [0.25, 0.3) is 0 Å². The second kappa shape index (κ2) is 11.3. The number of rotatable bonds is 12. The highest BCUT2D eigenvalue weighted by Gasteiger charge is 2.14. The van der Waals surface area contributed by atoms with Crippen molar-refractivity contribution < 1.29 is 0 Å². The number of nitrogens with one attached hydrogen (secondary N) is 1. The van der Waals surface area contributed by atoms with Gasteiger partial charge in [-0.2, -0.15) is 0 Å². The molecule has 4 nitrogen and oxygen atoms in total. The highest BCUT2D eigenvalue weighted by molar-refractivity contribution is 5.45. The fourth-order valence-corrected chi connectivity index (χ4v) is 3.50. The Kier molecular flexibility index (Phi) is 8.10. The van der Waals surface area contributed by atoms with Crippen molar-refractivity contribution in [2.75, 3.05) is 5.32 Å². The van der Waals surface area contributed by atoms with Crippen molar-refractivity contribution in [2.24, 2.45) is 0 Å². The van der Waals surface area contributed by atoms with Gasteiger partial charge in [0.1, 0.15) is 6.17 Å². The average molecular weight is 377 g/mol. The van der Waals surface area contributed by atoms with E-state index < -0.39 is 0 Å². The number of para-hydroxylation sites is 1. The van der Waals surface area contributed by atoms with E-state index in [0.29, 0.717) is 0 Å². The molecular formula is C24H32N4. The molecule has 1 aromatic heterocycles. The minimum Gasteiger partial charge on any atom is -0.360 e. The van der Waals surface area contributed by atoms with Gasteiger partial charge in [-0.05, 0) is 36.1 Å². The normalized spacial score (nSPS) is 12.0. The lowest BCUT2D eigenvalue weighted by Gasteiger charge is -2.20. The van der Waals surface area contributed by atoms with Crippen LogP contribution in [0.4, 0.5) is 5.69 Å². The van der Waals surface area contributed by atoms with E-state index in [1.807, 2.05) is 29.1 Å². The molecule has 0 fully saturated rings. The van der Waals surface area contributed by atoms with Crippen molar-refractivity contribution in [3.05, 3.63) is 78.1 Å². The Labute approximate surface area is 169 Å². The van der Waals surface area contributed by atoms with Crippen molar-refractivity contribution >= 4 is 5.69 Å². The van der Waals surface area contributed by atoms with Gasteiger partial charge in [-0.3, -0.25) is 0 Å². The maximum atomic E-state index is 4.21. The summed E-state index contributed by atoms with van der Waals surface area (Å²) in [4.78, 5) is 0. The van der Waals surface area contributed by atoms with Crippen LogP contribution in [0.1, 0.15) is 69.2 Å². The molecule has 0 saturated carbocycles. The van der Waals surface area contributed by atoms with Crippen LogP contribution in [0.2, 0.25) is 0 Å². The first-order valence-electron chi connectivity index (χ1n) is 10.6. The van der Waals surface area contributed by atoms with E-state index in [4.69, 9.17) is 0 Å². The highest BCUT2D eigenvalue weighted by Crippen LogP contribution is 2.22. The third-order valence-corrected chi connectivity index (χ3v) is 5.15. The molecule has 148 valence electrons. The summed E-state index contributed by atoms with van der Waals surface area (Å²) in [6.07, 6.45) is 14.2. The molecule has 0 radical (unpaired) electrons. The Morgan fingerprint density at radius 3 is 2.25 bits per heavy atom. The van der Waals surface area contributed by atoms with Crippen molar-refractivity contribution in [1.82, 2.24) is 15.0 Å². The van der Waals surface area contributed by atoms with E-state index in [1.54, 1.807) is 6.20 Å². The number of unbranched alkanes of at least 4 members (excludes halogenated alkanes) is 6. The van der Waals surface area contributed by atoms with E-state index in [2.05, 4.69) is 59.0 Å². The Morgan fingerprint density at radius 2 is 1.57 bits per heavy atom. The minimum atomic E-state index is -0.0717. The summed E-state index contributed by atoms with van der Waals surface area (Å²) in [5.41, 5.74) is 3.65. The van der Waals surface area contributed by atoms with Gasteiger partial charge in [0.2, 0.25) is 0 Å². The Balaban J connectivity index is 1.56. The number of anilines is 1. The Hall–Kier alpha value is -2.62. The van der Waals surface area contributed by atoms with Crippen molar-refractivity contribution in [2.45, 2.75) is 64.5 Å². The molecule has 1 unspecified atom stereocenters. The van der Waals surface area contributed by atoms with Crippen molar-refractivity contribution in [1.29, 1.82) is 0 Å². The second-order valence-electron chi connectivity index (χ2n) is 7.41. The lowest BCUT2D eigenvalue weighted by atomic mass is 10.0. The number of aromatic nitrogens is 3. The maximum Gasteiger partial charge on any atom is 0.148 e. The molecule has 0 spiro atoms. The van der Waals surface area contributed by atoms with Gasteiger partial charge in [0.05, 0.1) is 6.20 Å². The number of aryl methyl sites for hydroxylation is 1.